The highest BCUT2D eigenvalue weighted by molar-refractivity contribution is 6.36. The molecule has 0 amide bonds. The van der Waals surface area contributed by atoms with Crippen molar-refractivity contribution in [3.8, 4) is 0 Å². The van der Waals surface area contributed by atoms with Crippen molar-refractivity contribution < 1.29 is 4.42 Å². The van der Waals surface area contributed by atoms with Crippen LogP contribution in [0.25, 0.3) is 22.1 Å². The predicted molar refractivity (Wildman–Crippen MR) is 61.3 cm³/mol. The number of nitrogens with zero attached hydrogens (tertiary/aromatic N) is 1. The Morgan fingerprint density at radius 3 is 2.93 bits per heavy atom. The maximum Gasteiger partial charge on any atom is 0.172 e. The van der Waals surface area contributed by atoms with E-state index in [1.54, 1.807) is 6.20 Å². The normalized spacial score (nSPS) is 11.3. The first-order chi connectivity index (χ1) is 7.27. The maximum absolute atomic E-state index is 6.16. The summed E-state index contributed by atoms with van der Waals surface area (Å²) in [7, 11) is 0. The van der Waals surface area contributed by atoms with Crippen molar-refractivity contribution in [1.82, 2.24) is 4.98 Å². The van der Waals surface area contributed by atoms with E-state index in [1.165, 1.54) is 0 Å². The number of benzene rings is 1. The first kappa shape index (κ1) is 8.74. The number of fused-ring (bicyclic) bond motifs is 3. The van der Waals surface area contributed by atoms with Crippen LogP contribution in [0.15, 0.2) is 34.9 Å². The SMILES string of the molecule is Cc1cnc2c(oc3ccccc32)c1Cl. The van der Waals surface area contributed by atoms with Gasteiger partial charge in [-0.05, 0) is 24.6 Å². The highest BCUT2D eigenvalue weighted by atomic mass is 35.5. The molecule has 3 heteroatoms. The van der Waals surface area contributed by atoms with Crippen molar-refractivity contribution in [2.75, 3.05) is 0 Å². The van der Waals surface area contributed by atoms with Gasteiger partial charge in [0.2, 0.25) is 0 Å². The molecular formula is C12H8ClNO. The molecule has 0 atom stereocenters. The molecule has 3 aromatic rings. The molecule has 0 unspecified atom stereocenters. The van der Waals surface area contributed by atoms with E-state index in [1.807, 2.05) is 31.2 Å². The Morgan fingerprint density at radius 2 is 2.07 bits per heavy atom. The average molecular weight is 218 g/mol. The second-order valence-electron chi connectivity index (χ2n) is 3.53. The van der Waals surface area contributed by atoms with Gasteiger partial charge in [-0.25, -0.2) is 0 Å². The zero-order chi connectivity index (χ0) is 10.4. The Hall–Kier alpha value is -1.54. The van der Waals surface area contributed by atoms with E-state index < -0.39 is 0 Å². The minimum atomic E-state index is 0.649. The molecule has 0 saturated heterocycles. The van der Waals surface area contributed by atoms with Crippen molar-refractivity contribution in [2.24, 2.45) is 0 Å². The van der Waals surface area contributed by atoms with Gasteiger partial charge in [-0.15, -0.1) is 0 Å². The quantitative estimate of drug-likeness (QED) is 0.570. The molecule has 0 spiro atoms. The number of furan rings is 1. The van der Waals surface area contributed by atoms with Gasteiger partial charge in [0.15, 0.2) is 5.58 Å². The monoisotopic (exact) mass is 217 g/mol. The lowest BCUT2D eigenvalue weighted by Crippen LogP contribution is -1.79. The largest absolute Gasteiger partial charge is 0.453 e. The van der Waals surface area contributed by atoms with Gasteiger partial charge in [-0.2, -0.15) is 0 Å². The summed E-state index contributed by atoms with van der Waals surface area (Å²) in [5.41, 5.74) is 3.27. The highest BCUT2D eigenvalue weighted by Crippen LogP contribution is 2.32. The minimum absolute atomic E-state index is 0.649. The summed E-state index contributed by atoms with van der Waals surface area (Å²) >= 11 is 6.16. The molecule has 0 saturated carbocycles. The molecule has 1 aromatic carbocycles. The van der Waals surface area contributed by atoms with E-state index in [2.05, 4.69) is 4.98 Å². The Labute approximate surface area is 91.5 Å². The van der Waals surface area contributed by atoms with Crippen molar-refractivity contribution >= 4 is 33.7 Å². The van der Waals surface area contributed by atoms with Crippen LogP contribution in [0, 0.1) is 6.92 Å². The minimum Gasteiger partial charge on any atom is -0.453 e. The van der Waals surface area contributed by atoms with E-state index in [4.69, 9.17) is 16.0 Å². The summed E-state index contributed by atoms with van der Waals surface area (Å²) in [4.78, 5) is 4.35. The van der Waals surface area contributed by atoms with E-state index >= 15 is 0 Å². The first-order valence-corrected chi connectivity index (χ1v) is 5.07. The van der Waals surface area contributed by atoms with E-state index in [0.29, 0.717) is 10.6 Å². The number of hydrogen-bond donors (Lipinski definition) is 0. The second-order valence-corrected chi connectivity index (χ2v) is 3.91. The van der Waals surface area contributed by atoms with Crippen molar-refractivity contribution in [3.63, 3.8) is 0 Å². The molecule has 0 aliphatic carbocycles. The third-order valence-electron chi connectivity index (χ3n) is 2.50. The highest BCUT2D eigenvalue weighted by Gasteiger charge is 2.11. The van der Waals surface area contributed by atoms with Gasteiger partial charge in [0.1, 0.15) is 11.1 Å². The number of halogens is 1. The molecule has 3 rings (SSSR count). The number of pyridine rings is 1. The number of hydrogen-bond acceptors (Lipinski definition) is 2. The van der Waals surface area contributed by atoms with Crippen LogP contribution in [-0.4, -0.2) is 4.98 Å². The lowest BCUT2D eigenvalue weighted by Gasteiger charge is -1.95. The van der Waals surface area contributed by atoms with Gasteiger partial charge >= 0.3 is 0 Å². The number of aromatic nitrogens is 1. The third kappa shape index (κ3) is 1.15. The molecule has 0 N–H and O–H groups in total. The number of rotatable bonds is 0. The Kier molecular flexibility index (Phi) is 1.73. The van der Waals surface area contributed by atoms with Crippen LogP contribution in [0.5, 0.6) is 0 Å². The molecule has 74 valence electrons. The second kappa shape index (κ2) is 2.97. The molecule has 0 fully saturated rings. The zero-order valence-electron chi connectivity index (χ0n) is 8.12. The Morgan fingerprint density at radius 1 is 1.27 bits per heavy atom. The van der Waals surface area contributed by atoms with E-state index in [-0.39, 0.29) is 0 Å². The van der Waals surface area contributed by atoms with Gasteiger partial charge in [0.25, 0.3) is 0 Å². The number of para-hydroxylation sites is 1. The summed E-state index contributed by atoms with van der Waals surface area (Å²) in [6.45, 7) is 1.92. The van der Waals surface area contributed by atoms with Crippen LogP contribution >= 0.6 is 11.6 Å². The van der Waals surface area contributed by atoms with Gasteiger partial charge in [-0.3, -0.25) is 4.98 Å². The maximum atomic E-state index is 6.16. The van der Waals surface area contributed by atoms with Gasteiger partial charge in [0.05, 0.1) is 5.02 Å². The van der Waals surface area contributed by atoms with Gasteiger partial charge in [-0.1, -0.05) is 23.7 Å². The molecule has 0 aliphatic rings. The zero-order valence-corrected chi connectivity index (χ0v) is 8.88. The molecule has 2 heterocycles. The lowest BCUT2D eigenvalue weighted by atomic mass is 10.2. The van der Waals surface area contributed by atoms with Gasteiger partial charge < -0.3 is 4.42 Å². The smallest absolute Gasteiger partial charge is 0.172 e. The summed E-state index contributed by atoms with van der Waals surface area (Å²) in [5, 5.41) is 1.66. The van der Waals surface area contributed by atoms with Crippen LogP contribution < -0.4 is 0 Å². The van der Waals surface area contributed by atoms with Crippen LogP contribution in [0.1, 0.15) is 5.56 Å². The topological polar surface area (TPSA) is 26.0 Å². The molecule has 0 bridgehead atoms. The molecule has 2 aromatic heterocycles. The standard InChI is InChI=1S/C12H8ClNO/c1-7-6-14-11-8-4-2-3-5-9(8)15-12(11)10(7)13/h2-6H,1H3. The molecule has 0 radical (unpaired) electrons. The molecule has 15 heavy (non-hydrogen) atoms. The lowest BCUT2D eigenvalue weighted by molar-refractivity contribution is 0.668. The fourth-order valence-corrected chi connectivity index (χ4v) is 1.88. The van der Waals surface area contributed by atoms with Crippen LogP contribution in [0.2, 0.25) is 5.02 Å². The Bertz CT molecular complexity index is 657. The molecule has 0 aliphatic heterocycles. The Balaban J connectivity index is 2.60. The van der Waals surface area contributed by atoms with Crippen LogP contribution in [0.4, 0.5) is 0 Å². The fourth-order valence-electron chi connectivity index (χ4n) is 1.71. The third-order valence-corrected chi connectivity index (χ3v) is 2.97. The van der Waals surface area contributed by atoms with E-state index in [9.17, 15) is 0 Å². The van der Waals surface area contributed by atoms with Gasteiger partial charge in [0, 0.05) is 11.6 Å². The molecular weight excluding hydrogens is 210 g/mol. The van der Waals surface area contributed by atoms with Crippen LogP contribution in [0.3, 0.4) is 0 Å². The molecule has 2 nitrogen and oxygen atoms in total. The fraction of sp³-hybridized carbons (Fsp3) is 0.0833. The average Bonchev–Trinajstić information content (AvgIpc) is 2.63. The number of aryl methyl sites for hydroxylation is 1. The van der Waals surface area contributed by atoms with Crippen LogP contribution in [-0.2, 0) is 0 Å². The summed E-state index contributed by atoms with van der Waals surface area (Å²) in [6.07, 6.45) is 1.77. The summed E-state index contributed by atoms with van der Waals surface area (Å²) < 4.78 is 5.67. The summed E-state index contributed by atoms with van der Waals surface area (Å²) in [6, 6.07) is 7.81. The van der Waals surface area contributed by atoms with Crippen molar-refractivity contribution in [3.05, 3.63) is 41.0 Å². The summed E-state index contributed by atoms with van der Waals surface area (Å²) in [5.74, 6) is 0. The first-order valence-electron chi connectivity index (χ1n) is 4.70. The van der Waals surface area contributed by atoms with Crippen molar-refractivity contribution in [2.45, 2.75) is 6.92 Å². The van der Waals surface area contributed by atoms with E-state index in [0.717, 1.165) is 22.0 Å². The predicted octanol–water partition coefficient (Wildman–Crippen LogP) is 3.94. The van der Waals surface area contributed by atoms with Crippen molar-refractivity contribution in [1.29, 1.82) is 0 Å².